The number of alkyl halides is 3. The molecule has 0 aliphatic carbocycles. The van der Waals surface area contributed by atoms with E-state index in [1.54, 1.807) is 7.11 Å². The first-order valence-electron chi connectivity index (χ1n) is 11.8. The number of aromatic nitrogens is 2. The topological polar surface area (TPSA) is 87.6 Å². The van der Waals surface area contributed by atoms with Crippen LogP contribution in [0.5, 0.6) is 5.75 Å². The number of benzene rings is 2. The number of aliphatic carboxylic acids is 1. The van der Waals surface area contributed by atoms with Gasteiger partial charge < -0.3 is 20.1 Å². The number of rotatable bonds is 6. The lowest BCUT2D eigenvalue weighted by molar-refractivity contribution is -0.192. The minimum absolute atomic E-state index is 0.678. The Labute approximate surface area is 214 Å². The van der Waals surface area contributed by atoms with Crippen molar-refractivity contribution in [1.82, 2.24) is 9.97 Å². The molecule has 10 heteroatoms. The van der Waals surface area contributed by atoms with Gasteiger partial charge in [0.1, 0.15) is 11.6 Å². The first kappa shape index (κ1) is 27.8. The van der Waals surface area contributed by atoms with E-state index in [1.165, 1.54) is 27.8 Å². The average Bonchev–Trinajstić information content (AvgIpc) is 3.23. The molecular weight excluding hydrogens is 485 g/mol. The Morgan fingerprint density at radius 2 is 1.68 bits per heavy atom. The van der Waals surface area contributed by atoms with Crippen molar-refractivity contribution in [1.29, 1.82) is 0 Å². The highest BCUT2D eigenvalue weighted by Gasteiger charge is 2.38. The highest BCUT2D eigenvalue weighted by atomic mass is 19.4. The summed E-state index contributed by atoms with van der Waals surface area (Å²) in [5.41, 5.74) is 8.44. The zero-order valence-electron chi connectivity index (χ0n) is 21.5. The fraction of sp³-hybridized carbons (Fsp3) is 0.370. The number of hydrogen-bond donors (Lipinski definition) is 2. The molecule has 2 heterocycles. The van der Waals surface area contributed by atoms with Crippen LogP contribution in [0.3, 0.4) is 0 Å². The van der Waals surface area contributed by atoms with Crippen LogP contribution in [0.1, 0.15) is 33.5 Å². The summed E-state index contributed by atoms with van der Waals surface area (Å²) in [6.45, 7) is 10.4. The van der Waals surface area contributed by atoms with E-state index in [-0.39, 0.29) is 0 Å². The fourth-order valence-electron chi connectivity index (χ4n) is 4.31. The lowest BCUT2D eigenvalue weighted by atomic mass is 10.1. The predicted molar refractivity (Wildman–Crippen MR) is 137 cm³/mol. The standard InChI is InChI=1S/C25H30N4O.C2HF3O2/c1-16-14-17(2)23(18(3)15-16)27-25-26-19(4)22-11-13-29(24(22)28-25)12-10-20-6-8-21(30-5)9-7-20;3-2(4,5)1(6)7/h6-9,14-15H,10-13H2,1-5H3,(H,26,27,28);(H,6,7). The summed E-state index contributed by atoms with van der Waals surface area (Å²) in [6.07, 6.45) is -3.10. The Balaban J connectivity index is 0.000000479. The molecule has 0 fully saturated rings. The number of carboxylic acid groups (broad SMARTS) is 1. The molecule has 1 aliphatic rings. The maximum atomic E-state index is 10.6. The van der Waals surface area contributed by atoms with Crippen LogP contribution >= 0.6 is 0 Å². The third kappa shape index (κ3) is 7.12. The van der Waals surface area contributed by atoms with Crippen molar-refractivity contribution < 1.29 is 27.8 Å². The van der Waals surface area contributed by atoms with Gasteiger partial charge in [0.2, 0.25) is 5.95 Å². The number of carboxylic acids is 1. The molecule has 0 spiro atoms. The number of nitrogens with zero attached hydrogens (tertiary/aromatic N) is 3. The number of methoxy groups -OCH3 is 1. The maximum absolute atomic E-state index is 10.6. The molecule has 1 aromatic heterocycles. The number of ether oxygens (including phenoxy) is 1. The lowest BCUT2D eigenvalue weighted by Crippen LogP contribution is -2.24. The van der Waals surface area contributed by atoms with E-state index in [1.807, 2.05) is 12.1 Å². The molecule has 0 amide bonds. The van der Waals surface area contributed by atoms with Crippen molar-refractivity contribution in [2.75, 3.05) is 30.4 Å². The molecule has 2 aromatic carbocycles. The molecule has 4 rings (SSSR count). The van der Waals surface area contributed by atoms with Crippen molar-refractivity contribution in [3.8, 4) is 5.75 Å². The van der Waals surface area contributed by atoms with Crippen LogP contribution in [0.4, 0.5) is 30.6 Å². The van der Waals surface area contributed by atoms with Crippen molar-refractivity contribution >= 4 is 23.4 Å². The molecule has 7 nitrogen and oxygen atoms in total. The number of aryl methyl sites for hydroxylation is 4. The molecule has 0 bridgehead atoms. The molecular formula is C27H31F3N4O3. The molecule has 1 aliphatic heterocycles. The van der Waals surface area contributed by atoms with E-state index in [2.05, 4.69) is 62.2 Å². The van der Waals surface area contributed by atoms with Crippen LogP contribution in [0.2, 0.25) is 0 Å². The summed E-state index contributed by atoms with van der Waals surface area (Å²) >= 11 is 0. The minimum atomic E-state index is -5.08. The average molecular weight is 517 g/mol. The van der Waals surface area contributed by atoms with Crippen molar-refractivity contribution in [3.05, 3.63) is 69.9 Å². The quantitative estimate of drug-likeness (QED) is 0.435. The zero-order chi connectivity index (χ0) is 27.3. The van der Waals surface area contributed by atoms with E-state index in [0.29, 0.717) is 5.95 Å². The molecule has 0 atom stereocenters. The molecule has 0 radical (unpaired) electrons. The van der Waals surface area contributed by atoms with E-state index < -0.39 is 12.1 Å². The van der Waals surface area contributed by atoms with Crippen LogP contribution in [0.15, 0.2) is 36.4 Å². The molecule has 2 N–H and O–H groups in total. The number of carbonyl (C=O) groups is 1. The summed E-state index contributed by atoms with van der Waals surface area (Å²) in [5, 5.41) is 10.6. The number of anilines is 3. The Kier molecular flexibility index (Phi) is 8.62. The zero-order valence-corrected chi connectivity index (χ0v) is 21.5. The summed E-state index contributed by atoms with van der Waals surface area (Å²) in [7, 11) is 1.70. The first-order chi connectivity index (χ1) is 17.4. The highest BCUT2D eigenvalue weighted by molar-refractivity contribution is 5.73. The number of hydrogen-bond acceptors (Lipinski definition) is 6. The van der Waals surface area contributed by atoms with Gasteiger partial charge >= 0.3 is 12.1 Å². The van der Waals surface area contributed by atoms with Crippen molar-refractivity contribution in [2.24, 2.45) is 0 Å². The smallest absolute Gasteiger partial charge is 0.490 e. The second-order valence-corrected chi connectivity index (χ2v) is 8.97. The van der Waals surface area contributed by atoms with Crippen molar-refractivity contribution in [2.45, 2.75) is 46.7 Å². The molecule has 0 unspecified atom stereocenters. The van der Waals surface area contributed by atoms with Gasteiger partial charge in [0.15, 0.2) is 0 Å². The van der Waals surface area contributed by atoms with Gasteiger partial charge in [-0.2, -0.15) is 18.2 Å². The molecule has 0 saturated heterocycles. The van der Waals surface area contributed by atoms with Gasteiger partial charge in [-0.05, 0) is 69.4 Å². The van der Waals surface area contributed by atoms with Gasteiger partial charge in [-0.3, -0.25) is 0 Å². The van der Waals surface area contributed by atoms with Gasteiger partial charge in [0, 0.05) is 30.0 Å². The van der Waals surface area contributed by atoms with E-state index in [4.69, 9.17) is 24.6 Å². The van der Waals surface area contributed by atoms with Crippen LogP contribution in [-0.2, 0) is 17.6 Å². The maximum Gasteiger partial charge on any atom is 0.490 e. The predicted octanol–water partition coefficient (Wildman–Crippen LogP) is 5.70. The third-order valence-electron chi connectivity index (χ3n) is 6.11. The highest BCUT2D eigenvalue weighted by Crippen LogP contribution is 2.31. The number of fused-ring (bicyclic) bond motifs is 1. The molecule has 0 saturated carbocycles. The van der Waals surface area contributed by atoms with E-state index in [0.717, 1.165) is 48.9 Å². The SMILES string of the molecule is COc1ccc(CCN2CCc3c(C)nc(Nc4c(C)cc(C)cc4C)nc32)cc1.O=C(O)C(F)(F)F. The summed E-state index contributed by atoms with van der Waals surface area (Å²) in [5.74, 6) is -0.114. The Morgan fingerprint density at radius 1 is 1.08 bits per heavy atom. The van der Waals surface area contributed by atoms with Crippen LogP contribution in [0.25, 0.3) is 0 Å². The first-order valence-corrected chi connectivity index (χ1v) is 11.8. The van der Waals surface area contributed by atoms with Crippen LogP contribution < -0.4 is 15.0 Å². The third-order valence-corrected chi connectivity index (χ3v) is 6.11. The van der Waals surface area contributed by atoms with Gasteiger partial charge in [-0.15, -0.1) is 0 Å². The number of nitrogens with one attached hydrogen (secondary N) is 1. The summed E-state index contributed by atoms with van der Waals surface area (Å²) in [4.78, 5) is 21.0. The largest absolute Gasteiger partial charge is 0.497 e. The normalized spacial score (nSPS) is 12.5. The van der Waals surface area contributed by atoms with Gasteiger partial charge in [-0.25, -0.2) is 9.78 Å². The second-order valence-electron chi connectivity index (χ2n) is 8.97. The Morgan fingerprint density at radius 3 is 2.22 bits per heavy atom. The Hall–Kier alpha value is -3.82. The number of halogens is 3. The van der Waals surface area contributed by atoms with Gasteiger partial charge in [0.25, 0.3) is 0 Å². The molecule has 37 heavy (non-hydrogen) atoms. The lowest BCUT2D eigenvalue weighted by Gasteiger charge is -2.20. The summed E-state index contributed by atoms with van der Waals surface area (Å²) in [6, 6.07) is 12.7. The van der Waals surface area contributed by atoms with E-state index >= 15 is 0 Å². The second kappa shape index (κ2) is 11.5. The molecule has 3 aromatic rings. The van der Waals surface area contributed by atoms with Gasteiger partial charge in [-0.1, -0.05) is 29.8 Å². The minimum Gasteiger partial charge on any atom is -0.497 e. The summed E-state index contributed by atoms with van der Waals surface area (Å²) < 4.78 is 37.0. The monoisotopic (exact) mass is 516 g/mol. The van der Waals surface area contributed by atoms with Crippen molar-refractivity contribution in [3.63, 3.8) is 0 Å². The fourth-order valence-corrected chi connectivity index (χ4v) is 4.31. The van der Waals surface area contributed by atoms with Gasteiger partial charge in [0.05, 0.1) is 7.11 Å². The van der Waals surface area contributed by atoms with Crippen LogP contribution in [0, 0.1) is 27.7 Å². The van der Waals surface area contributed by atoms with Crippen LogP contribution in [-0.4, -0.2) is 47.4 Å². The Bertz CT molecular complexity index is 1240. The van der Waals surface area contributed by atoms with E-state index in [9.17, 15) is 13.2 Å². The molecule has 198 valence electrons.